The number of rotatable bonds is 4. The number of nitrogens with zero attached hydrogens (tertiary/aromatic N) is 5. The molecule has 0 unspecified atom stereocenters. The third-order valence-electron chi connectivity index (χ3n) is 5.24. The van der Waals surface area contributed by atoms with Crippen molar-refractivity contribution in [3.8, 4) is 11.4 Å². The normalized spacial score (nSPS) is 15.3. The van der Waals surface area contributed by atoms with Gasteiger partial charge in [0.1, 0.15) is 0 Å². The van der Waals surface area contributed by atoms with Gasteiger partial charge in [-0.25, -0.2) is 4.68 Å². The molecule has 2 aromatic carbocycles. The number of aryl methyl sites for hydroxylation is 1. The molecular formula is C21H25N5S. The van der Waals surface area contributed by atoms with Crippen molar-refractivity contribution in [2.75, 3.05) is 31.1 Å². The molecule has 0 spiro atoms. The van der Waals surface area contributed by atoms with Crippen molar-refractivity contribution >= 4 is 17.9 Å². The Morgan fingerprint density at radius 2 is 1.59 bits per heavy atom. The standard InChI is InChI=1S/C21H25N5S/c1-17-8-6-7-11-19(17)25-14-12-24(13-15-25)16-26-21(27)23(2)20(22-26)18-9-4-3-5-10-18/h3-11H,12-16H2,1-2H3. The molecule has 1 aliphatic rings. The molecule has 27 heavy (non-hydrogen) atoms. The van der Waals surface area contributed by atoms with Gasteiger partial charge in [0.05, 0.1) is 6.67 Å². The van der Waals surface area contributed by atoms with E-state index in [1.807, 2.05) is 34.5 Å². The summed E-state index contributed by atoms with van der Waals surface area (Å²) in [7, 11) is 1.99. The van der Waals surface area contributed by atoms with Gasteiger partial charge in [-0.05, 0) is 30.8 Å². The van der Waals surface area contributed by atoms with Crippen molar-refractivity contribution in [3.05, 3.63) is 64.9 Å². The van der Waals surface area contributed by atoms with E-state index < -0.39 is 0 Å². The molecule has 1 aliphatic heterocycles. The summed E-state index contributed by atoms with van der Waals surface area (Å²) in [6, 6.07) is 18.8. The van der Waals surface area contributed by atoms with Crippen LogP contribution in [0.4, 0.5) is 5.69 Å². The number of aromatic nitrogens is 3. The molecule has 1 fully saturated rings. The quantitative estimate of drug-likeness (QED) is 0.647. The van der Waals surface area contributed by atoms with E-state index in [0.29, 0.717) is 0 Å². The summed E-state index contributed by atoms with van der Waals surface area (Å²) in [5.41, 5.74) is 3.78. The first-order valence-corrected chi connectivity index (χ1v) is 9.76. The van der Waals surface area contributed by atoms with Crippen LogP contribution in [0.2, 0.25) is 0 Å². The fraction of sp³-hybridized carbons (Fsp3) is 0.333. The highest BCUT2D eigenvalue weighted by molar-refractivity contribution is 7.71. The van der Waals surface area contributed by atoms with Crippen LogP contribution in [-0.2, 0) is 13.7 Å². The second-order valence-corrected chi connectivity index (χ2v) is 7.43. The lowest BCUT2D eigenvalue weighted by Gasteiger charge is -2.36. The maximum absolute atomic E-state index is 5.63. The maximum Gasteiger partial charge on any atom is 0.199 e. The van der Waals surface area contributed by atoms with Gasteiger partial charge in [0.25, 0.3) is 0 Å². The van der Waals surface area contributed by atoms with Crippen LogP contribution in [0, 0.1) is 11.7 Å². The van der Waals surface area contributed by atoms with Gasteiger partial charge in [0.2, 0.25) is 0 Å². The summed E-state index contributed by atoms with van der Waals surface area (Å²) in [6.07, 6.45) is 0. The van der Waals surface area contributed by atoms with Gasteiger partial charge in [-0.15, -0.1) is 0 Å². The van der Waals surface area contributed by atoms with Gasteiger partial charge in [-0.1, -0.05) is 48.5 Å². The Bertz CT molecular complexity index is 968. The first-order chi connectivity index (χ1) is 13.1. The molecule has 6 heteroatoms. The lowest BCUT2D eigenvalue weighted by molar-refractivity contribution is 0.194. The Labute approximate surface area is 165 Å². The fourth-order valence-electron chi connectivity index (χ4n) is 3.66. The summed E-state index contributed by atoms with van der Waals surface area (Å²) in [5.74, 6) is 0.916. The lowest BCUT2D eigenvalue weighted by atomic mass is 10.1. The Morgan fingerprint density at radius 3 is 2.30 bits per heavy atom. The fourth-order valence-corrected chi connectivity index (χ4v) is 3.84. The Kier molecular flexibility index (Phi) is 5.09. The van der Waals surface area contributed by atoms with Crippen LogP contribution >= 0.6 is 12.2 Å². The van der Waals surface area contributed by atoms with Crippen molar-refractivity contribution in [1.29, 1.82) is 0 Å². The predicted molar refractivity (Wildman–Crippen MR) is 112 cm³/mol. The number of anilines is 1. The monoisotopic (exact) mass is 379 g/mol. The van der Waals surface area contributed by atoms with Gasteiger partial charge in [0, 0.05) is 44.5 Å². The van der Waals surface area contributed by atoms with Crippen molar-refractivity contribution in [2.45, 2.75) is 13.6 Å². The number of benzene rings is 2. The van der Waals surface area contributed by atoms with Crippen LogP contribution in [0.25, 0.3) is 11.4 Å². The molecule has 1 aromatic heterocycles. The van der Waals surface area contributed by atoms with Crippen LogP contribution in [0.5, 0.6) is 0 Å². The minimum Gasteiger partial charge on any atom is -0.369 e. The minimum atomic E-state index is 0.737. The van der Waals surface area contributed by atoms with E-state index in [1.165, 1.54) is 11.3 Å². The van der Waals surface area contributed by atoms with Gasteiger partial charge < -0.3 is 9.47 Å². The first-order valence-electron chi connectivity index (χ1n) is 9.35. The summed E-state index contributed by atoms with van der Waals surface area (Å²) < 4.78 is 4.70. The third-order valence-corrected chi connectivity index (χ3v) is 5.72. The molecule has 0 amide bonds. The van der Waals surface area contributed by atoms with Crippen molar-refractivity contribution in [2.24, 2.45) is 7.05 Å². The van der Waals surface area contributed by atoms with Crippen molar-refractivity contribution < 1.29 is 0 Å². The van der Waals surface area contributed by atoms with Crippen LogP contribution in [0.15, 0.2) is 54.6 Å². The van der Waals surface area contributed by atoms with Crippen LogP contribution in [0.1, 0.15) is 5.56 Å². The second kappa shape index (κ2) is 7.66. The van der Waals surface area contributed by atoms with E-state index in [0.717, 1.165) is 49.0 Å². The highest BCUT2D eigenvalue weighted by atomic mass is 32.1. The Balaban J connectivity index is 1.45. The molecule has 2 heterocycles. The largest absolute Gasteiger partial charge is 0.369 e. The average molecular weight is 380 g/mol. The lowest BCUT2D eigenvalue weighted by Crippen LogP contribution is -2.47. The molecule has 5 nitrogen and oxygen atoms in total. The van der Waals surface area contributed by atoms with E-state index in [-0.39, 0.29) is 0 Å². The summed E-state index contributed by atoms with van der Waals surface area (Å²) in [6.45, 7) is 6.98. The van der Waals surface area contributed by atoms with Gasteiger partial charge in [-0.3, -0.25) is 4.90 Å². The molecule has 0 bridgehead atoms. The Hall–Kier alpha value is -2.44. The van der Waals surface area contributed by atoms with Crippen LogP contribution < -0.4 is 4.90 Å². The second-order valence-electron chi connectivity index (χ2n) is 7.06. The molecule has 0 atom stereocenters. The van der Waals surface area contributed by atoms with Gasteiger partial charge in [-0.2, -0.15) is 5.10 Å². The molecule has 0 N–H and O–H groups in total. The first kappa shape index (κ1) is 17.9. The average Bonchev–Trinajstić information content (AvgIpc) is 2.98. The van der Waals surface area contributed by atoms with E-state index >= 15 is 0 Å². The summed E-state index contributed by atoms with van der Waals surface area (Å²) >= 11 is 5.63. The zero-order chi connectivity index (χ0) is 18.8. The topological polar surface area (TPSA) is 29.2 Å². The molecule has 140 valence electrons. The number of hydrogen-bond acceptors (Lipinski definition) is 4. The van der Waals surface area contributed by atoms with E-state index in [1.54, 1.807) is 0 Å². The highest BCUT2D eigenvalue weighted by Crippen LogP contribution is 2.21. The van der Waals surface area contributed by atoms with Gasteiger partial charge >= 0.3 is 0 Å². The molecule has 4 rings (SSSR count). The van der Waals surface area contributed by atoms with Gasteiger partial charge in [0.15, 0.2) is 10.6 Å². The maximum atomic E-state index is 5.63. The van der Waals surface area contributed by atoms with Crippen LogP contribution in [-0.4, -0.2) is 45.4 Å². The number of para-hydroxylation sites is 1. The molecule has 0 aliphatic carbocycles. The molecule has 1 saturated heterocycles. The van der Waals surface area contributed by atoms with E-state index in [2.05, 4.69) is 53.1 Å². The molecule has 0 radical (unpaired) electrons. The molecule has 0 saturated carbocycles. The highest BCUT2D eigenvalue weighted by Gasteiger charge is 2.19. The van der Waals surface area contributed by atoms with Crippen molar-refractivity contribution in [3.63, 3.8) is 0 Å². The summed E-state index contributed by atoms with van der Waals surface area (Å²) in [5, 5.41) is 4.79. The van der Waals surface area contributed by atoms with Crippen molar-refractivity contribution in [1.82, 2.24) is 19.2 Å². The molecular weight excluding hydrogens is 354 g/mol. The number of hydrogen-bond donors (Lipinski definition) is 0. The van der Waals surface area contributed by atoms with E-state index in [9.17, 15) is 0 Å². The smallest absolute Gasteiger partial charge is 0.199 e. The Morgan fingerprint density at radius 1 is 0.926 bits per heavy atom. The predicted octanol–water partition coefficient (Wildman–Crippen LogP) is 3.71. The zero-order valence-electron chi connectivity index (χ0n) is 15.9. The number of piperazine rings is 1. The zero-order valence-corrected chi connectivity index (χ0v) is 16.7. The SMILES string of the molecule is Cc1ccccc1N1CCN(Cn2nc(-c3ccccc3)n(C)c2=S)CC1. The molecule has 3 aromatic rings. The summed E-state index contributed by atoms with van der Waals surface area (Å²) in [4.78, 5) is 4.89. The van der Waals surface area contributed by atoms with E-state index in [4.69, 9.17) is 17.3 Å². The van der Waals surface area contributed by atoms with Crippen LogP contribution in [0.3, 0.4) is 0 Å². The minimum absolute atomic E-state index is 0.737. The third kappa shape index (κ3) is 3.68.